The standard InChI is InChI=1S/C10H15N3O2/c1-3-7-11-10(14)8-5-6-9(13-12-8)15-4-2/h5-6H,3-4,7H2,1-2H3,(H,11,14). The Bertz CT molecular complexity index is 311. The monoisotopic (exact) mass is 209 g/mol. The summed E-state index contributed by atoms with van der Waals surface area (Å²) >= 11 is 0. The molecule has 0 radical (unpaired) electrons. The molecule has 5 nitrogen and oxygen atoms in total. The SMILES string of the molecule is CCCNC(=O)c1ccc(OCC)nn1. The first kappa shape index (κ1) is 11.4. The summed E-state index contributed by atoms with van der Waals surface area (Å²) in [5.74, 6) is 0.233. The van der Waals surface area contributed by atoms with Crippen molar-refractivity contribution >= 4 is 5.91 Å². The van der Waals surface area contributed by atoms with Crippen molar-refractivity contribution in [3.8, 4) is 5.88 Å². The van der Waals surface area contributed by atoms with Gasteiger partial charge in [0, 0.05) is 12.6 Å². The highest BCUT2D eigenvalue weighted by Crippen LogP contribution is 2.04. The molecule has 0 saturated heterocycles. The van der Waals surface area contributed by atoms with Crippen LogP contribution in [0.4, 0.5) is 0 Å². The van der Waals surface area contributed by atoms with E-state index in [1.807, 2.05) is 13.8 Å². The molecule has 0 saturated carbocycles. The molecule has 0 aliphatic rings. The highest BCUT2D eigenvalue weighted by atomic mass is 16.5. The molecule has 1 heterocycles. The van der Waals surface area contributed by atoms with Crippen LogP contribution in [0.25, 0.3) is 0 Å². The van der Waals surface area contributed by atoms with Crippen LogP contribution in [0.15, 0.2) is 12.1 Å². The van der Waals surface area contributed by atoms with Gasteiger partial charge >= 0.3 is 0 Å². The van der Waals surface area contributed by atoms with Gasteiger partial charge in [-0.25, -0.2) is 0 Å². The van der Waals surface area contributed by atoms with E-state index in [-0.39, 0.29) is 5.91 Å². The molecular weight excluding hydrogens is 194 g/mol. The van der Waals surface area contributed by atoms with Crippen LogP contribution in [-0.2, 0) is 0 Å². The summed E-state index contributed by atoms with van der Waals surface area (Å²) in [6.45, 7) is 5.04. The fourth-order valence-corrected chi connectivity index (χ4v) is 0.995. The lowest BCUT2D eigenvalue weighted by Crippen LogP contribution is -2.25. The maximum atomic E-state index is 11.4. The van der Waals surface area contributed by atoms with Crippen molar-refractivity contribution in [1.82, 2.24) is 15.5 Å². The molecule has 0 spiro atoms. The van der Waals surface area contributed by atoms with Crippen molar-refractivity contribution in [1.29, 1.82) is 0 Å². The molecule has 1 aromatic heterocycles. The zero-order chi connectivity index (χ0) is 11.1. The first-order valence-electron chi connectivity index (χ1n) is 5.02. The van der Waals surface area contributed by atoms with Crippen LogP contribution in [-0.4, -0.2) is 29.3 Å². The van der Waals surface area contributed by atoms with E-state index in [0.29, 0.717) is 24.7 Å². The van der Waals surface area contributed by atoms with Crippen LogP contribution in [0.5, 0.6) is 5.88 Å². The Morgan fingerprint density at radius 2 is 2.20 bits per heavy atom. The second-order valence-corrected chi connectivity index (χ2v) is 2.95. The smallest absolute Gasteiger partial charge is 0.271 e. The quantitative estimate of drug-likeness (QED) is 0.786. The van der Waals surface area contributed by atoms with Crippen molar-refractivity contribution in [2.24, 2.45) is 0 Å². The third-order valence-electron chi connectivity index (χ3n) is 1.70. The number of carbonyl (C=O) groups excluding carboxylic acids is 1. The summed E-state index contributed by atoms with van der Waals surface area (Å²) in [5, 5.41) is 10.2. The molecule has 1 aromatic rings. The minimum atomic E-state index is -0.201. The summed E-state index contributed by atoms with van der Waals surface area (Å²) in [5.41, 5.74) is 0.312. The lowest BCUT2D eigenvalue weighted by Gasteiger charge is -2.03. The van der Waals surface area contributed by atoms with Gasteiger partial charge in [0.05, 0.1) is 6.61 Å². The first-order chi connectivity index (χ1) is 7.27. The average Bonchev–Trinajstić information content (AvgIpc) is 2.27. The highest BCUT2D eigenvalue weighted by molar-refractivity contribution is 5.91. The second-order valence-electron chi connectivity index (χ2n) is 2.95. The lowest BCUT2D eigenvalue weighted by atomic mass is 10.3. The summed E-state index contributed by atoms with van der Waals surface area (Å²) in [7, 11) is 0. The molecule has 1 rings (SSSR count). The second kappa shape index (κ2) is 5.95. The van der Waals surface area contributed by atoms with Gasteiger partial charge in [-0.05, 0) is 19.4 Å². The molecule has 1 N–H and O–H groups in total. The van der Waals surface area contributed by atoms with Gasteiger partial charge in [-0.3, -0.25) is 4.79 Å². The Labute approximate surface area is 88.9 Å². The van der Waals surface area contributed by atoms with Gasteiger partial charge in [0.25, 0.3) is 5.91 Å². The fraction of sp³-hybridized carbons (Fsp3) is 0.500. The number of nitrogens with one attached hydrogen (secondary N) is 1. The largest absolute Gasteiger partial charge is 0.477 e. The molecule has 0 aliphatic carbocycles. The van der Waals surface area contributed by atoms with Crippen molar-refractivity contribution in [3.05, 3.63) is 17.8 Å². The number of nitrogens with zero attached hydrogens (tertiary/aromatic N) is 2. The summed E-state index contributed by atoms with van der Waals surface area (Å²) in [4.78, 5) is 11.4. The maximum absolute atomic E-state index is 11.4. The molecule has 1 amide bonds. The Morgan fingerprint density at radius 1 is 1.40 bits per heavy atom. The first-order valence-corrected chi connectivity index (χ1v) is 5.02. The summed E-state index contributed by atoms with van der Waals surface area (Å²) in [6.07, 6.45) is 0.899. The zero-order valence-corrected chi connectivity index (χ0v) is 8.99. The number of amides is 1. The van der Waals surface area contributed by atoms with Gasteiger partial charge in [0.15, 0.2) is 5.69 Å². The van der Waals surface area contributed by atoms with Gasteiger partial charge < -0.3 is 10.1 Å². The lowest BCUT2D eigenvalue weighted by molar-refractivity contribution is 0.0947. The number of ether oxygens (including phenoxy) is 1. The van der Waals surface area contributed by atoms with Gasteiger partial charge in [-0.15, -0.1) is 10.2 Å². The molecule has 0 aliphatic heterocycles. The minimum Gasteiger partial charge on any atom is -0.477 e. The number of hydrogen-bond donors (Lipinski definition) is 1. The van der Waals surface area contributed by atoms with Crippen LogP contribution < -0.4 is 10.1 Å². The van der Waals surface area contributed by atoms with E-state index in [1.54, 1.807) is 12.1 Å². The summed E-state index contributed by atoms with van der Waals surface area (Å²) < 4.78 is 5.12. The van der Waals surface area contributed by atoms with Crippen LogP contribution >= 0.6 is 0 Å². The van der Waals surface area contributed by atoms with Crippen molar-refractivity contribution in [3.63, 3.8) is 0 Å². The average molecular weight is 209 g/mol. The highest BCUT2D eigenvalue weighted by Gasteiger charge is 2.06. The number of aromatic nitrogens is 2. The number of rotatable bonds is 5. The van der Waals surface area contributed by atoms with E-state index in [1.165, 1.54) is 0 Å². The van der Waals surface area contributed by atoms with E-state index < -0.39 is 0 Å². The molecule has 15 heavy (non-hydrogen) atoms. The third kappa shape index (κ3) is 3.53. The zero-order valence-electron chi connectivity index (χ0n) is 8.99. The van der Waals surface area contributed by atoms with Gasteiger partial charge in [-0.1, -0.05) is 6.92 Å². The molecule has 82 valence electrons. The summed E-state index contributed by atoms with van der Waals surface area (Å²) in [6, 6.07) is 3.24. The van der Waals surface area contributed by atoms with Gasteiger partial charge in [0.1, 0.15) is 0 Å². The molecule has 5 heteroatoms. The van der Waals surface area contributed by atoms with Gasteiger partial charge in [0.2, 0.25) is 5.88 Å². The van der Waals surface area contributed by atoms with Crippen LogP contribution in [0, 0.1) is 0 Å². The topological polar surface area (TPSA) is 64.1 Å². The fourth-order valence-electron chi connectivity index (χ4n) is 0.995. The van der Waals surface area contributed by atoms with Gasteiger partial charge in [-0.2, -0.15) is 0 Å². The maximum Gasteiger partial charge on any atom is 0.271 e. The molecule has 0 unspecified atom stereocenters. The van der Waals surface area contributed by atoms with Crippen molar-refractivity contribution in [2.75, 3.05) is 13.2 Å². The number of hydrogen-bond acceptors (Lipinski definition) is 4. The Balaban J connectivity index is 2.58. The molecular formula is C10H15N3O2. The molecule has 0 atom stereocenters. The Morgan fingerprint density at radius 3 is 2.73 bits per heavy atom. The predicted octanol–water partition coefficient (Wildman–Crippen LogP) is 1.02. The van der Waals surface area contributed by atoms with Crippen LogP contribution in [0.1, 0.15) is 30.8 Å². The Hall–Kier alpha value is -1.65. The van der Waals surface area contributed by atoms with Crippen LogP contribution in [0.3, 0.4) is 0 Å². The van der Waals surface area contributed by atoms with E-state index in [4.69, 9.17) is 4.74 Å². The minimum absolute atomic E-state index is 0.201. The van der Waals surface area contributed by atoms with Crippen LogP contribution in [0.2, 0.25) is 0 Å². The van der Waals surface area contributed by atoms with Crippen molar-refractivity contribution < 1.29 is 9.53 Å². The van der Waals surface area contributed by atoms with Crippen molar-refractivity contribution in [2.45, 2.75) is 20.3 Å². The molecule has 0 aromatic carbocycles. The third-order valence-corrected chi connectivity index (χ3v) is 1.70. The predicted molar refractivity (Wildman–Crippen MR) is 55.8 cm³/mol. The van der Waals surface area contributed by atoms with E-state index in [2.05, 4.69) is 15.5 Å². The molecule has 0 fully saturated rings. The van der Waals surface area contributed by atoms with E-state index in [9.17, 15) is 4.79 Å². The number of carbonyl (C=O) groups is 1. The van der Waals surface area contributed by atoms with E-state index >= 15 is 0 Å². The Kier molecular flexibility index (Phi) is 4.53. The molecule has 0 bridgehead atoms. The normalized spacial score (nSPS) is 9.73. The van der Waals surface area contributed by atoms with E-state index in [0.717, 1.165) is 6.42 Å².